The second kappa shape index (κ2) is 19.9. The van der Waals surface area contributed by atoms with Crippen LogP contribution in [-0.2, 0) is 19.7 Å². The van der Waals surface area contributed by atoms with Crippen LogP contribution < -0.4 is 45.2 Å². The molecule has 1 heterocycles. The molecule has 306 valence electrons. The first-order valence-corrected chi connectivity index (χ1v) is 18.2. The highest BCUT2D eigenvalue weighted by atomic mass is 16.7. The van der Waals surface area contributed by atoms with Gasteiger partial charge in [-0.05, 0) is 34.6 Å². The summed E-state index contributed by atoms with van der Waals surface area (Å²) in [7, 11) is 4.45. The van der Waals surface area contributed by atoms with Gasteiger partial charge in [0.25, 0.3) is 5.91 Å². The number of carbonyl (C=O) groups is 3. The zero-order valence-corrected chi connectivity index (χ0v) is 33.1. The molecule has 4 aromatic carbocycles. The van der Waals surface area contributed by atoms with Crippen molar-refractivity contribution in [3.63, 3.8) is 0 Å². The minimum absolute atomic E-state index is 0.103. The molecule has 0 spiro atoms. The van der Waals surface area contributed by atoms with E-state index in [4.69, 9.17) is 38.4 Å². The Hall–Kier alpha value is -6.78. The van der Waals surface area contributed by atoms with Crippen LogP contribution in [0.1, 0.15) is 36.7 Å². The summed E-state index contributed by atoms with van der Waals surface area (Å²) < 4.78 is 34.0. The van der Waals surface area contributed by atoms with Gasteiger partial charge in [-0.25, -0.2) is 14.6 Å². The topological polar surface area (TPSA) is 197 Å². The van der Waals surface area contributed by atoms with Crippen LogP contribution in [0.2, 0.25) is 0 Å². The van der Waals surface area contributed by atoms with Gasteiger partial charge in [-0.15, -0.1) is 0 Å². The van der Waals surface area contributed by atoms with E-state index >= 15 is 0 Å². The van der Waals surface area contributed by atoms with Gasteiger partial charge in [0.1, 0.15) is 30.5 Å². The average Bonchev–Trinajstić information content (AvgIpc) is 3.20. The van der Waals surface area contributed by atoms with Crippen molar-refractivity contribution < 1.29 is 52.7 Å². The predicted molar refractivity (Wildman–Crippen MR) is 217 cm³/mol. The lowest BCUT2D eigenvalue weighted by Gasteiger charge is -2.23. The second-order valence-electron chi connectivity index (χ2n) is 13.6. The van der Waals surface area contributed by atoms with E-state index in [1.165, 1.54) is 33.5 Å². The summed E-state index contributed by atoms with van der Waals surface area (Å²) in [5.74, 6) is 0.652. The van der Waals surface area contributed by atoms with Crippen molar-refractivity contribution in [2.45, 2.75) is 26.2 Å². The molecule has 5 aromatic rings. The molecule has 0 bridgehead atoms. The molecule has 0 atom stereocenters. The lowest BCUT2D eigenvalue weighted by atomic mass is 9.85. The van der Waals surface area contributed by atoms with E-state index in [-0.39, 0.29) is 72.1 Å². The molecule has 5 N–H and O–H groups in total. The van der Waals surface area contributed by atoms with Gasteiger partial charge in [-0.1, -0.05) is 57.2 Å². The van der Waals surface area contributed by atoms with Gasteiger partial charge in [0, 0.05) is 48.6 Å². The number of fused-ring (bicyclic) bond motifs is 1. The number of benzene rings is 4. The van der Waals surface area contributed by atoms with Crippen LogP contribution in [0.25, 0.3) is 10.8 Å². The predicted octanol–water partition coefficient (Wildman–Crippen LogP) is 7.06. The third kappa shape index (κ3) is 11.4. The van der Waals surface area contributed by atoms with E-state index in [2.05, 4.69) is 26.4 Å². The van der Waals surface area contributed by atoms with Crippen LogP contribution in [0.4, 0.5) is 22.0 Å². The van der Waals surface area contributed by atoms with Crippen LogP contribution in [0.15, 0.2) is 85.1 Å². The number of methoxy groups -OCH3 is 2. The third-order valence-electron chi connectivity index (χ3n) is 8.44. The quantitative estimate of drug-likeness (QED) is 0.0421. The number of ether oxygens (including phenoxy) is 6. The molecule has 0 aliphatic rings. The Morgan fingerprint density at radius 2 is 1.53 bits per heavy atom. The van der Waals surface area contributed by atoms with Crippen molar-refractivity contribution in [3.8, 4) is 34.5 Å². The molecule has 0 aliphatic heterocycles. The number of rotatable bonds is 19. The summed E-state index contributed by atoms with van der Waals surface area (Å²) in [4.78, 5) is 47.3. The van der Waals surface area contributed by atoms with Crippen LogP contribution in [0.5, 0.6) is 34.5 Å². The van der Waals surface area contributed by atoms with Gasteiger partial charge in [-0.3, -0.25) is 4.79 Å². The molecule has 0 unspecified atom stereocenters. The van der Waals surface area contributed by atoms with Crippen molar-refractivity contribution in [1.82, 2.24) is 15.8 Å². The van der Waals surface area contributed by atoms with E-state index in [9.17, 15) is 14.4 Å². The Labute approximate surface area is 335 Å². The number of anilines is 3. The zero-order chi connectivity index (χ0) is 41.7. The van der Waals surface area contributed by atoms with Crippen LogP contribution in [-0.4, -0.2) is 82.3 Å². The third-order valence-corrected chi connectivity index (χ3v) is 8.44. The maximum atomic E-state index is 13.5. The largest absolute Gasteiger partial charge is 0.497 e. The number of urea groups is 1. The minimum atomic E-state index is -1.05. The Bertz CT molecular complexity index is 2220. The lowest BCUT2D eigenvalue weighted by Crippen LogP contribution is -2.32. The van der Waals surface area contributed by atoms with Gasteiger partial charge in [0.05, 0.1) is 45.3 Å². The number of carboxylic acid groups (broad SMARTS) is 1. The molecule has 58 heavy (non-hydrogen) atoms. The number of nitrogens with one attached hydrogen (secondary N) is 4. The molecule has 0 radical (unpaired) electrons. The molecule has 1 aromatic heterocycles. The molecule has 0 saturated heterocycles. The molecule has 16 heteroatoms. The monoisotopic (exact) mass is 797 g/mol. The molecule has 16 nitrogen and oxygen atoms in total. The number of aromatic nitrogens is 1. The van der Waals surface area contributed by atoms with E-state index in [0.29, 0.717) is 22.9 Å². The fourth-order valence-corrected chi connectivity index (χ4v) is 5.60. The van der Waals surface area contributed by atoms with Crippen molar-refractivity contribution in [1.29, 1.82) is 0 Å². The zero-order valence-electron chi connectivity index (χ0n) is 33.1. The van der Waals surface area contributed by atoms with Gasteiger partial charge in [0.2, 0.25) is 11.5 Å². The fraction of sp³-hybridized carbons (Fsp3) is 0.286. The van der Waals surface area contributed by atoms with Gasteiger partial charge in [-0.2, -0.15) is 5.48 Å². The standard InChI is InChI=1S/C42H47N5O11/c1-42(2,3)27-20-32(40(50)43-4)37(53-6)33(21-27)46-41(51)47-58-35-14-15-44-39(38(35)57-34-13-9-11-26-10-7-8-12-31(26)34)45-28-22-29(52-5)24-30(23-28)56-19-18-54-16-17-55-25-36(48)49/h7-15,20-24H,16-19,25H2,1-6H3,(H,43,50)(H,44,45)(H,48,49)(H2,46,47,51). The molecule has 0 fully saturated rings. The summed E-state index contributed by atoms with van der Waals surface area (Å²) in [6.45, 7) is 6.34. The minimum Gasteiger partial charge on any atom is -0.497 e. The maximum Gasteiger partial charge on any atom is 0.352 e. The second-order valence-corrected chi connectivity index (χ2v) is 13.6. The smallest absolute Gasteiger partial charge is 0.352 e. The number of pyridine rings is 1. The highest BCUT2D eigenvalue weighted by molar-refractivity contribution is 6.01. The molecule has 0 aliphatic carbocycles. The first-order chi connectivity index (χ1) is 27.9. The summed E-state index contributed by atoms with van der Waals surface area (Å²) in [6.07, 6.45) is 1.48. The molecular weight excluding hydrogens is 750 g/mol. The fourth-order valence-electron chi connectivity index (χ4n) is 5.60. The van der Waals surface area contributed by atoms with Gasteiger partial charge < -0.3 is 54.3 Å². The van der Waals surface area contributed by atoms with Gasteiger partial charge in [0.15, 0.2) is 11.6 Å². The number of hydrogen-bond donors (Lipinski definition) is 5. The van der Waals surface area contributed by atoms with Crippen molar-refractivity contribution >= 4 is 45.9 Å². The number of hydrogen-bond acceptors (Lipinski definition) is 12. The Balaban J connectivity index is 1.40. The normalized spacial score (nSPS) is 11.0. The number of carboxylic acids is 1. The number of aliphatic carboxylic acids is 1. The number of amides is 3. The number of hydroxylamine groups is 1. The van der Waals surface area contributed by atoms with Crippen LogP contribution in [0, 0.1) is 0 Å². The van der Waals surface area contributed by atoms with E-state index in [0.717, 1.165) is 16.3 Å². The van der Waals surface area contributed by atoms with Crippen molar-refractivity contribution in [2.24, 2.45) is 0 Å². The Morgan fingerprint density at radius 1 is 0.793 bits per heavy atom. The van der Waals surface area contributed by atoms with E-state index < -0.39 is 18.6 Å². The Morgan fingerprint density at radius 3 is 2.28 bits per heavy atom. The van der Waals surface area contributed by atoms with Crippen LogP contribution >= 0.6 is 0 Å². The average molecular weight is 798 g/mol. The Kier molecular flexibility index (Phi) is 14.5. The first kappa shape index (κ1) is 42.4. The lowest BCUT2D eigenvalue weighted by molar-refractivity contribution is -0.142. The van der Waals surface area contributed by atoms with Crippen molar-refractivity contribution in [2.75, 3.05) is 64.9 Å². The maximum absolute atomic E-state index is 13.5. The number of nitrogens with zero attached hydrogens (tertiary/aromatic N) is 1. The molecular formula is C42H47N5O11. The summed E-state index contributed by atoms with van der Waals surface area (Å²) in [5.41, 5.74) is 3.88. The molecule has 3 amide bonds. The summed E-state index contributed by atoms with van der Waals surface area (Å²) in [5, 5.41) is 19.1. The summed E-state index contributed by atoms with van der Waals surface area (Å²) in [6, 6.07) is 22.7. The highest BCUT2D eigenvalue weighted by Crippen LogP contribution is 2.41. The molecule has 5 rings (SSSR count). The number of carbonyl (C=O) groups excluding carboxylic acids is 2. The van der Waals surface area contributed by atoms with E-state index in [1.54, 1.807) is 36.4 Å². The van der Waals surface area contributed by atoms with Crippen molar-refractivity contribution in [3.05, 3.63) is 96.2 Å². The molecule has 0 saturated carbocycles. The SMILES string of the molecule is CNC(=O)c1cc(C(C)(C)C)cc(NC(=O)NOc2ccnc(Nc3cc(OC)cc(OCCOCCOCC(=O)O)c3)c2Oc2cccc3ccccc23)c1OC. The van der Waals surface area contributed by atoms with Gasteiger partial charge >= 0.3 is 12.0 Å². The summed E-state index contributed by atoms with van der Waals surface area (Å²) >= 11 is 0. The first-order valence-electron chi connectivity index (χ1n) is 18.2. The highest BCUT2D eigenvalue weighted by Gasteiger charge is 2.24. The van der Waals surface area contributed by atoms with E-state index in [1.807, 2.05) is 57.2 Å². The van der Waals surface area contributed by atoms with Crippen LogP contribution in [0.3, 0.4) is 0 Å².